The van der Waals surface area contributed by atoms with Crippen LogP contribution in [0.2, 0.25) is 5.02 Å². The lowest BCUT2D eigenvalue weighted by Crippen LogP contribution is -2.52. The Bertz CT molecular complexity index is 887. The van der Waals surface area contributed by atoms with Crippen molar-refractivity contribution in [1.29, 1.82) is 0 Å². The lowest BCUT2D eigenvalue weighted by atomic mass is 9.92. The maximum absolute atomic E-state index is 12.5. The van der Waals surface area contributed by atoms with E-state index in [0.29, 0.717) is 23.8 Å². The number of anilines is 1. The predicted molar refractivity (Wildman–Crippen MR) is 113 cm³/mol. The Hall–Kier alpha value is -2.58. The van der Waals surface area contributed by atoms with E-state index in [1.165, 1.54) is 0 Å². The highest BCUT2D eigenvalue weighted by Gasteiger charge is 2.29. The molecular weight excluding hydrogens is 392 g/mol. The van der Waals surface area contributed by atoms with E-state index in [1.54, 1.807) is 16.8 Å². The van der Waals surface area contributed by atoms with Crippen LogP contribution < -0.4 is 21.3 Å². The summed E-state index contributed by atoms with van der Waals surface area (Å²) < 4.78 is 1.61. The number of halogens is 1. The average molecular weight is 419 g/mol. The van der Waals surface area contributed by atoms with E-state index >= 15 is 0 Å². The molecule has 29 heavy (non-hydrogen) atoms. The zero-order valence-corrected chi connectivity index (χ0v) is 17.8. The van der Waals surface area contributed by atoms with Gasteiger partial charge in [0.05, 0.1) is 5.69 Å². The third kappa shape index (κ3) is 5.48. The topological polar surface area (TPSA) is 100 Å². The van der Waals surface area contributed by atoms with Crippen molar-refractivity contribution in [1.82, 2.24) is 25.7 Å². The van der Waals surface area contributed by atoms with E-state index in [9.17, 15) is 9.59 Å². The molecule has 3 rings (SSSR count). The lowest BCUT2D eigenvalue weighted by Gasteiger charge is -2.30. The molecule has 4 N–H and O–H groups in total. The number of urea groups is 1. The summed E-state index contributed by atoms with van der Waals surface area (Å²) in [5.41, 5.74) is 1.52. The molecule has 1 aliphatic heterocycles. The normalized spacial score (nSPS) is 19.6. The van der Waals surface area contributed by atoms with E-state index in [2.05, 4.69) is 26.4 Å². The first-order valence-electron chi connectivity index (χ1n) is 9.56. The smallest absolute Gasteiger partial charge is 0.320 e. The minimum absolute atomic E-state index is 0.00242. The molecule has 0 radical (unpaired) electrons. The maximum atomic E-state index is 12.5. The van der Waals surface area contributed by atoms with E-state index in [0.717, 1.165) is 11.3 Å². The third-order valence-electron chi connectivity index (χ3n) is 4.59. The summed E-state index contributed by atoms with van der Waals surface area (Å²) in [5.74, 6) is 0.433. The van der Waals surface area contributed by atoms with Gasteiger partial charge in [0, 0.05) is 35.5 Å². The van der Waals surface area contributed by atoms with Crippen LogP contribution in [0.1, 0.15) is 51.7 Å². The molecule has 2 unspecified atom stereocenters. The number of aromatic nitrogens is 2. The van der Waals surface area contributed by atoms with Crippen molar-refractivity contribution in [3.8, 4) is 0 Å². The van der Waals surface area contributed by atoms with Crippen molar-refractivity contribution in [2.24, 2.45) is 0 Å². The summed E-state index contributed by atoms with van der Waals surface area (Å²) in [5, 5.41) is 17.1. The predicted octanol–water partition coefficient (Wildman–Crippen LogP) is 3.11. The maximum Gasteiger partial charge on any atom is 0.320 e. The van der Waals surface area contributed by atoms with Gasteiger partial charge in [-0.1, -0.05) is 44.5 Å². The summed E-state index contributed by atoms with van der Waals surface area (Å²) in [6.45, 7) is 8.42. The lowest BCUT2D eigenvalue weighted by molar-refractivity contribution is -0.125. The van der Waals surface area contributed by atoms with Crippen LogP contribution in [0.3, 0.4) is 0 Å². The Labute approximate surface area is 175 Å². The molecule has 2 heterocycles. The van der Waals surface area contributed by atoms with E-state index < -0.39 is 6.29 Å². The first kappa shape index (κ1) is 21.1. The van der Waals surface area contributed by atoms with Crippen LogP contribution in [0, 0.1) is 0 Å². The zero-order valence-electron chi connectivity index (χ0n) is 17.0. The summed E-state index contributed by atoms with van der Waals surface area (Å²) in [4.78, 5) is 24.5. The molecule has 156 valence electrons. The van der Waals surface area contributed by atoms with Gasteiger partial charge in [0.15, 0.2) is 6.29 Å². The van der Waals surface area contributed by atoms with Gasteiger partial charge < -0.3 is 10.6 Å². The molecular formula is C20H27ClN6O2. The first-order chi connectivity index (χ1) is 13.6. The average Bonchev–Trinajstić information content (AvgIpc) is 3.04. The van der Waals surface area contributed by atoms with Crippen LogP contribution >= 0.6 is 11.6 Å². The highest BCUT2D eigenvalue weighted by Crippen LogP contribution is 2.26. The molecule has 0 bridgehead atoms. The van der Waals surface area contributed by atoms with E-state index in [1.807, 2.05) is 45.9 Å². The molecule has 8 nitrogen and oxygen atoms in total. The van der Waals surface area contributed by atoms with Gasteiger partial charge in [-0.2, -0.15) is 5.10 Å². The van der Waals surface area contributed by atoms with Crippen LogP contribution in [0.5, 0.6) is 0 Å². The van der Waals surface area contributed by atoms with Crippen molar-refractivity contribution < 1.29 is 9.59 Å². The molecule has 2 aromatic rings. The van der Waals surface area contributed by atoms with E-state index in [-0.39, 0.29) is 23.4 Å². The quantitative estimate of drug-likeness (QED) is 0.612. The number of hydrogen-bond acceptors (Lipinski definition) is 4. The van der Waals surface area contributed by atoms with Gasteiger partial charge in [-0.3, -0.25) is 15.4 Å². The summed E-state index contributed by atoms with van der Waals surface area (Å²) in [7, 11) is 0. The number of carbonyl (C=O) groups excluding carboxylic acids is 2. The minimum atomic E-state index is -0.533. The van der Waals surface area contributed by atoms with Gasteiger partial charge in [-0.25, -0.2) is 9.48 Å². The molecule has 0 aliphatic carbocycles. The molecule has 2 atom stereocenters. The van der Waals surface area contributed by atoms with Crippen molar-refractivity contribution >= 4 is 29.4 Å². The number of carbonyl (C=O) groups is 2. The van der Waals surface area contributed by atoms with Gasteiger partial charge in [0.25, 0.3) is 0 Å². The Morgan fingerprint density at radius 2 is 2.00 bits per heavy atom. The number of hydrogen-bond donors (Lipinski definition) is 4. The number of nitrogens with one attached hydrogen (secondary N) is 4. The van der Waals surface area contributed by atoms with Crippen molar-refractivity contribution in [3.63, 3.8) is 0 Å². The second kappa shape index (κ2) is 8.42. The summed E-state index contributed by atoms with van der Waals surface area (Å²) in [6, 6.07) is 8.73. The van der Waals surface area contributed by atoms with Crippen LogP contribution in [0.4, 0.5) is 10.6 Å². The molecule has 9 heteroatoms. The fraction of sp³-hybridized carbons (Fsp3) is 0.450. The minimum Gasteiger partial charge on any atom is -0.334 e. The Balaban J connectivity index is 1.76. The van der Waals surface area contributed by atoms with Crippen LogP contribution in [-0.2, 0) is 16.8 Å². The molecule has 1 aromatic heterocycles. The Morgan fingerprint density at radius 3 is 2.62 bits per heavy atom. The molecule has 1 aromatic carbocycles. The van der Waals surface area contributed by atoms with Gasteiger partial charge in [-0.05, 0) is 24.6 Å². The molecule has 0 saturated carbocycles. The first-order valence-corrected chi connectivity index (χ1v) is 9.94. The molecule has 3 amide bonds. The fourth-order valence-corrected chi connectivity index (χ4v) is 3.11. The molecule has 1 saturated heterocycles. The van der Waals surface area contributed by atoms with Crippen LogP contribution in [-0.4, -0.2) is 27.8 Å². The third-order valence-corrected chi connectivity index (χ3v) is 4.84. The van der Waals surface area contributed by atoms with Crippen molar-refractivity contribution in [2.45, 2.75) is 58.4 Å². The number of benzene rings is 1. The zero-order chi connectivity index (χ0) is 21.2. The monoisotopic (exact) mass is 418 g/mol. The Morgan fingerprint density at radius 1 is 1.31 bits per heavy atom. The highest BCUT2D eigenvalue weighted by molar-refractivity contribution is 6.30. The van der Waals surface area contributed by atoms with Gasteiger partial charge >= 0.3 is 6.03 Å². The largest absolute Gasteiger partial charge is 0.334 e. The van der Waals surface area contributed by atoms with E-state index in [4.69, 9.17) is 11.6 Å². The van der Waals surface area contributed by atoms with Crippen molar-refractivity contribution in [2.75, 3.05) is 5.32 Å². The van der Waals surface area contributed by atoms with Gasteiger partial charge in [0.2, 0.25) is 5.91 Å². The van der Waals surface area contributed by atoms with Crippen LogP contribution in [0.15, 0.2) is 30.3 Å². The second-order valence-electron chi connectivity index (χ2n) is 8.29. The standard InChI is InChI=1S/C20H27ClN6O2/c1-12-9-17(28)25-18(23-12)27-16(10-15(26-27)20(2,3)4)24-19(29)22-11-13-5-7-14(21)8-6-13/h5-8,10,12,18,23H,9,11H2,1-4H3,(H,25,28)(H2,22,24,29). The molecule has 0 spiro atoms. The summed E-state index contributed by atoms with van der Waals surface area (Å²) >= 11 is 5.89. The second-order valence-corrected chi connectivity index (χ2v) is 8.72. The fourth-order valence-electron chi connectivity index (χ4n) is 2.99. The number of amides is 3. The molecule has 1 aliphatic rings. The number of rotatable bonds is 4. The van der Waals surface area contributed by atoms with Gasteiger partial charge in [-0.15, -0.1) is 0 Å². The van der Waals surface area contributed by atoms with Crippen molar-refractivity contribution in [3.05, 3.63) is 46.6 Å². The number of nitrogens with zero attached hydrogens (tertiary/aromatic N) is 2. The molecule has 1 fully saturated rings. The summed E-state index contributed by atoms with van der Waals surface area (Å²) in [6.07, 6.45) is -0.136. The highest BCUT2D eigenvalue weighted by atomic mass is 35.5. The Kier molecular flexibility index (Phi) is 6.14. The SMILES string of the molecule is CC1CC(=O)NC(n2nc(C(C)(C)C)cc2NC(=O)NCc2ccc(Cl)cc2)N1. The van der Waals surface area contributed by atoms with Crippen LogP contribution in [0.25, 0.3) is 0 Å². The van der Waals surface area contributed by atoms with Gasteiger partial charge in [0.1, 0.15) is 5.82 Å².